The zero-order valence-electron chi connectivity index (χ0n) is 10.3. The molecule has 0 amide bonds. The summed E-state index contributed by atoms with van der Waals surface area (Å²) in [5.41, 5.74) is 4.11. The van der Waals surface area contributed by atoms with Crippen LogP contribution in [0.25, 0.3) is 11.0 Å². The minimum atomic E-state index is 0.697. The topological polar surface area (TPSA) is 71.4 Å². The molecular weight excluding hydrogens is 228 g/mol. The molecule has 2 N–H and O–H groups in total. The number of hydrogen-bond donors (Lipinski definition) is 2. The van der Waals surface area contributed by atoms with Gasteiger partial charge in [0.25, 0.3) is 0 Å². The number of nitrogens with zero attached hydrogens (tertiary/aromatic N) is 4. The summed E-state index contributed by atoms with van der Waals surface area (Å²) in [4.78, 5) is 7.59. The lowest BCUT2D eigenvalue weighted by Crippen LogP contribution is -2.05. The number of imidazole rings is 1. The first kappa shape index (κ1) is 10.8. The van der Waals surface area contributed by atoms with Gasteiger partial charge in [0.2, 0.25) is 0 Å². The first-order chi connectivity index (χ1) is 8.72. The summed E-state index contributed by atoms with van der Waals surface area (Å²) in [6.45, 7) is 2.65. The number of fused-ring (bicyclic) bond motifs is 1. The van der Waals surface area contributed by atoms with Gasteiger partial charge in [0.15, 0.2) is 0 Å². The average Bonchev–Trinajstić information content (AvgIpc) is 2.90. The molecule has 0 unspecified atom stereocenters. The normalized spacial score (nSPS) is 11.0. The second-order valence-corrected chi connectivity index (χ2v) is 4.26. The first-order valence-electron chi connectivity index (χ1n) is 5.76. The minimum Gasteiger partial charge on any atom is -0.379 e. The van der Waals surface area contributed by atoms with Crippen LogP contribution in [0.1, 0.15) is 11.5 Å². The summed E-state index contributed by atoms with van der Waals surface area (Å²) in [5.74, 6) is 0.929. The van der Waals surface area contributed by atoms with E-state index in [1.807, 2.05) is 26.1 Å². The van der Waals surface area contributed by atoms with E-state index in [1.54, 1.807) is 10.9 Å². The van der Waals surface area contributed by atoms with Crippen molar-refractivity contribution in [2.24, 2.45) is 7.05 Å². The van der Waals surface area contributed by atoms with Crippen molar-refractivity contribution in [3.05, 3.63) is 35.9 Å². The van der Waals surface area contributed by atoms with Gasteiger partial charge in [0, 0.05) is 12.7 Å². The molecule has 6 nitrogen and oxygen atoms in total. The molecule has 0 aliphatic heterocycles. The third-order valence-corrected chi connectivity index (χ3v) is 2.88. The van der Waals surface area contributed by atoms with Crippen LogP contribution >= 0.6 is 0 Å². The Kier molecular flexibility index (Phi) is 2.47. The van der Waals surface area contributed by atoms with Gasteiger partial charge in [-0.25, -0.2) is 4.98 Å². The van der Waals surface area contributed by atoms with Gasteiger partial charge >= 0.3 is 0 Å². The van der Waals surface area contributed by atoms with Crippen molar-refractivity contribution in [2.75, 3.05) is 5.32 Å². The van der Waals surface area contributed by atoms with Gasteiger partial charge in [-0.15, -0.1) is 5.10 Å². The molecule has 0 saturated carbocycles. The number of hydrogen-bond acceptors (Lipinski definition) is 4. The Morgan fingerprint density at radius 1 is 1.39 bits per heavy atom. The van der Waals surface area contributed by atoms with Crippen LogP contribution in [0.15, 0.2) is 24.4 Å². The SMILES string of the molecule is Cc1nc2ccc(NCc3cnnn3C)cc2[nH]1. The van der Waals surface area contributed by atoms with Gasteiger partial charge < -0.3 is 10.3 Å². The van der Waals surface area contributed by atoms with Crippen LogP contribution in [0, 0.1) is 6.92 Å². The molecule has 6 heteroatoms. The number of nitrogens with one attached hydrogen (secondary N) is 2. The number of anilines is 1. The smallest absolute Gasteiger partial charge is 0.104 e. The predicted molar refractivity (Wildman–Crippen MR) is 69.2 cm³/mol. The molecule has 3 rings (SSSR count). The molecular formula is C12H14N6. The fourth-order valence-corrected chi connectivity index (χ4v) is 1.91. The Bertz CT molecular complexity index is 681. The van der Waals surface area contributed by atoms with Crippen molar-refractivity contribution in [3.63, 3.8) is 0 Å². The lowest BCUT2D eigenvalue weighted by molar-refractivity contribution is 0.683. The van der Waals surface area contributed by atoms with E-state index < -0.39 is 0 Å². The van der Waals surface area contributed by atoms with E-state index in [4.69, 9.17) is 0 Å². The fourth-order valence-electron chi connectivity index (χ4n) is 1.91. The van der Waals surface area contributed by atoms with Crippen molar-refractivity contribution in [1.82, 2.24) is 25.0 Å². The Morgan fingerprint density at radius 3 is 3.06 bits per heavy atom. The summed E-state index contributed by atoms with van der Waals surface area (Å²) >= 11 is 0. The lowest BCUT2D eigenvalue weighted by atomic mass is 10.2. The maximum Gasteiger partial charge on any atom is 0.104 e. The molecule has 2 heterocycles. The van der Waals surface area contributed by atoms with Crippen LogP contribution in [0.2, 0.25) is 0 Å². The second-order valence-electron chi connectivity index (χ2n) is 4.26. The van der Waals surface area contributed by atoms with Crippen LogP contribution in [-0.4, -0.2) is 25.0 Å². The zero-order chi connectivity index (χ0) is 12.5. The van der Waals surface area contributed by atoms with E-state index >= 15 is 0 Å². The molecule has 0 spiro atoms. The highest BCUT2D eigenvalue weighted by Gasteiger charge is 2.02. The molecule has 0 fully saturated rings. The number of benzene rings is 1. The summed E-state index contributed by atoms with van der Waals surface area (Å²) in [6, 6.07) is 6.08. The van der Waals surface area contributed by atoms with Gasteiger partial charge in [-0.3, -0.25) is 4.68 Å². The van der Waals surface area contributed by atoms with E-state index in [0.29, 0.717) is 6.54 Å². The lowest BCUT2D eigenvalue weighted by Gasteiger charge is -2.05. The molecule has 92 valence electrons. The summed E-state index contributed by atoms with van der Waals surface area (Å²) < 4.78 is 1.76. The number of rotatable bonds is 3. The number of H-pyrrole nitrogens is 1. The number of aromatic amines is 1. The molecule has 0 atom stereocenters. The number of aromatic nitrogens is 5. The average molecular weight is 242 g/mol. The Hall–Kier alpha value is -2.37. The molecule has 1 aromatic carbocycles. The quantitative estimate of drug-likeness (QED) is 0.732. The fraction of sp³-hybridized carbons (Fsp3) is 0.250. The minimum absolute atomic E-state index is 0.697. The summed E-state index contributed by atoms with van der Waals surface area (Å²) in [7, 11) is 1.88. The van der Waals surface area contributed by atoms with Gasteiger partial charge in [0.05, 0.1) is 29.5 Å². The van der Waals surface area contributed by atoms with Crippen LogP contribution in [0.4, 0.5) is 5.69 Å². The maximum atomic E-state index is 4.37. The Morgan fingerprint density at radius 2 is 2.28 bits per heavy atom. The van der Waals surface area contributed by atoms with Crippen LogP contribution < -0.4 is 5.32 Å². The van der Waals surface area contributed by atoms with Gasteiger partial charge in [-0.05, 0) is 25.1 Å². The summed E-state index contributed by atoms with van der Waals surface area (Å²) in [5, 5.41) is 11.1. The molecule has 0 aliphatic carbocycles. The molecule has 3 aromatic rings. The van der Waals surface area contributed by atoms with E-state index in [9.17, 15) is 0 Å². The second kappa shape index (κ2) is 4.14. The molecule has 0 saturated heterocycles. The van der Waals surface area contributed by atoms with Crippen molar-refractivity contribution in [2.45, 2.75) is 13.5 Å². The monoisotopic (exact) mass is 242 g/mol. The highest BCUT2D eigenvalue weighted by molar-refractivity contribution is 5.79. The maximum absolute atomic E-state index is 4.37. The van der Waals surface area contributed by atoms with E-state index in [2.05, 4.69) is 31.7 Å². The van der Waals surface area contributed by atoms with Crippen LogP contribution in [0.5, 0.6) is 0 Å². The largest absolute Gasteiger partial charge is 0.379 e. The molecule has 0 bridgehead atoms. The first-order valence-corrected chi connectivity index (χ1v) is 5.76. The predicted octanol–water partition coefficient (Wildman–Crippen LogP) is 1.61. The van der Waals surface area contributed by atoms with E-state index in [-0.39, 0.29) is 0 Å². The third kappa shape index (κ3) is 1.92. The van der Waals surface area contributed by atoms with Crippen molar-refractivity contribution in [3.8, 4) is 0 Å². The van der Waals surface area contributed by atoms with Gasteiger partial charge in [-0.2, -0.15) is 0 Å². The van der Waals surface area contributed by atoms with E-state index in [1.165, 1.54) is 0 Å². The van der Waals surface area contributed by atoms with Gasteiger partial charge in [0.1, 0.15) is 5.82 Å². The third-order valence-electron chi connectivity index (χ3n) is 2.88. The Balaban J connectivity index is 1.80. The van der Waals surface area contributed by atoms with Crippen molar-refractivity contribution in [1.29, 1.82) is 0 Å². The molecule has 0 radical (unpaired) electrons. The molecule has 2 aromatic heterocycles. The molecule has 0 aliphatic rings. The van der Waals surface area contributed by atoms with E-state index in [0.717, 1.165) is 28.2 Å². The van der Waals surface area contributed by atoms with Crippen molar-refractivity contribution < 1.29 is 0 Å². The molecule has 18 heavy (non-hydrogen) atoms. The highest BCUT2D eigenvalue weighted by Crippen LogP contribution is 2.17. The Labute approximate surface area is 104 Å². The zero-order valence-corrected chi connectivity index (χ0v) is 10.3. The number of aryl methyl sites for hydroxylation is 2. The standard InChI is InChI=1S/C12H14N6/c1-8-15-11-4-3-9(5-12(11)16-8)13-6-10-7-14-17-18(10)2/h3-5,7,13H,6H2,1-2H3,(H,15,16). The highest BCUT2D eigenvalue weighted by atomic mass is 15.4. The summed E-state index contributed by atoms with van der Waals surface area (Å²) in [6.07, 6.45) is 1.76. The van der Waals surface area contributed by atoms with Crippen LogP contribution in [0.3, 0.4) is 0 Å². The van der Waals surface area contributed by atoms with Crippen LogP contribution in [-0.2, 0) is 13.6 Å². The van der Waals surface area contributed by atoms with Crippen molar-refractivity contribution >= 4 is 16.7 Å². The van der Waals surface area contributed by atoms with Gasteiger partial charge in [-0.1, -0.05) is 5.21 Å².